The average Bonchev–Trinajstić information content (AvgIpc) is 3.19. The molecule has 0 N–H and O–H groups in total. The number of halogens is 2. The van der Waals surface area contributed by atoms with Gasteiger partial charge in [0.15, 0.2) is 5.78 Å². The van der Waals surface area contributed by atoms with Crippen molar-refractivity contribution < 1.29 is 27.8 Å². The summed E-state index contributed by atoms with van der Waals surface area (Å²) in [5.41, 5.74) is 1.93. The van der Waals surface area contributed by atoms with Gasteiger partial charge in [0.05, 0.1) is 34.9 Å². The lowest BCUT2D eigenvalue weighted by atomic mass is 9.52. The molecule has 6 rings (SSSR count). The summed E-state index contributed by atoms with van der Waals surface area (Å²) in [4.78, 5) is 26.0. The number of carbonyl (C=O) groups excluding carboxylic acids is 2. The number of ketones is 1. The maximum absolute atomic E-state index is 14.1. The minimum atomic E-state index is -0.679. The molecule has 0 unspecified atom stereocenters. The number of pyridine rings is 1. The lowest BCUT2D eigenvalue weighted by Gasteiger charge is -2.51. The van der Waals surface area contributed by atoms with Crippen molar-refractivity contribution >= 4 is 17.3 Å². The highest BCUT2D eigenvalue weighted by molar-refractivity contribution is 6.04. The number of rotatable bonds is 7. The van der Waals surface area contributed by atoms with Crippen LogP contribution in [0, 0.1) is 36.3 Å². The molecule has 36 heavy (non-hydrogen) atoms. The second-order valence-electron chi connectivity index (χ2n) is 10.5. The molecule has 3 aliphatic carbocycles. The van der Waals surface area contributed by atoms with Crippen LogP contribution in [0.25, 0.3) is 5.52 Å². The molecule has 6 nitrogen and oxygen atoms in total. The minimum Gasteiger partial charge on any atom is -0.473 e. The van der Waals surface area contributed by atoms with Gasteiger partial charge in [0, 0.05) is 12.5 Å². The SMILES string of the molecule is COC(=O)C12CCC(CC(=O)c3c(C)nn4c(OCc5c(F)cccc5F)cc(C)cc34)(CC1)CC2. The number of methoxy groups -OCH3 is 1. The molecule has 3 saturated carbocycles. The highest BCUT2D eigenvalue weighted by Crippen LogP contribution is 2.59. The summed E-state index contributed by atoms with van der Waals surface area (Å²) in [6, 6.07) is 7.30. The van der Waals surface area contributed by atoms with Gasteiger partial charge in [0.1, 0.15) is 18.2 Å². The van der Waals surface area contributed by atoms with Crippen LogP contribution in [-0.2, 0) is 16.1 Å². The van der Waals surface area contributed by atoms with Gasteiger partial charge >= 0.3 is 5.97 Å². The molecule has 8 heteroatoms. The summed E-state index contributed by atoms with van der Waals surface area (Å²) < 4.78 is 40.6. The first kappa shape index (κ1) is 24.4. The van der Waals surface area contributed by atoms with E-state index in [2.05, 4.69) is 5.10 Å². The van der Waals surface area contributed by atoms with Crippen LogP contribution in [0.3, 0.4) is 0 Å². The van der Waals surface area contributed by atoms with Crippen LogP contribution in [0.5, 0.6) is 5.88 Å². The fourth-order valence-corrected chi connectivity index (χ4v) is 6.10. The quantitative estimate of drug-likeness (QED) is 0.301. The van der Waals surface area contributed by atoms with Gasteiger partial charge < -0.3 is 9.47 Å². The Morgan fingerprint density at radius 3 is 2.28 bits per heavy atom. The van der Waals surface area contributed by atoms with Gasteiger partial charge in [-0.2, -0.15) is 5.10 Å². The monoisotopic (exact) mass is 496 g/mol. The van der Waals surface area contributed by atoms with E-state index in [0.29, 0.717) is 29.1 Å². The van der Waals surface area contributed by atoms with Crippen molar-refractivity contribution in [3.63, 3.8) is 0 Å². The van der Waals surface area contributed by atoms with Crippen molar-refractivity contribution in [1.82, 2.24) is 9.61 Å². The van der Waals surface area contributed by atoms with Crippen LogP contribution in [0.1, 0.15) is 72.1 Å². The first-order valence-electron chi connectivity index (χ1n) is 12.3. The Hall–Kier alpha value is -3.29. The Balaban J connectivity index is 1.40. The zero-order chi connectivity index (χ0) is 25.7. The van der Waals surface area contributed by atoms with Crippen LogP contribution >= 0.6 is 0 Å². The predicted octanol–water partition coefficient (Wildman–Crippen LogP) is 5.89. The van der Waals surface area contributed by atoms with Crippen molar-refractivity contribution in [3.05, 3.63) is 64.4 Å². The maximum Gasteiger partial charge on any atom is 0.311 e. The molecule has 0 spiro atoms. The summed E-state index contributed by atoms with van der Waals surface area (Å²) >= 11 is 0. The van der Waals surface area contributed by atoms with Crippen LogP contribution in [-0.4, -0.2) is 28.5 Å². The summed E-state index contributed by atoms with van der Waals surface area (Å²) in [6.07, 6.45) is 5.14. The van der Waals surface area contributed by atoms with Crippen molar-refractivity contribution in [1.29, 1.82) is 0 Å². The molecule has 2 aromatic heterocycles. The highest BCUT2D eigenvalue weighted by Gasteiger charge is 2.53. The molecule has 3 fully saturated rings. The molecule has 2 bridgehead atoms. The van der Waals surface area contributed by atoms with E-state index in [1.165, 1.54) is 29.8 Å². The average molecular weight is 497 g/mol. The van der Waals surface area contributed by atoms with Crippen LogP contribution < -0.4 is 4.74 Å². The summed E-state index contributed by atoms with van der Waals surface area (Å²) in [5.74, 6) is -1.15. The lowest BCUT2D eigenvalue weighted by molar-refractivity contribution is -0.162. The van der Waals surface area contributed by atoms with Crippen molar-refractivity contribution in [2.75, 3.05) is 7.11 Å². The van der Waals surface area contributed by atoms with Gasteiger partial charge in [0.2, 0.25) is 5.88 Å². The van der Waals surface area contributed by atoms with E-state index in [9.17, 15) is 18.4 Å². The van der Waals surface area contributed by atoms with Gasteiger partial charge in [-0.25, -0.2) is 13.3 Å². The Kier molecular flexibility index (Phi) is 6.09. The minimum absolute atomic E-state index is 0.0201. The van der Waals surface area contributed by atoms with Crippen molar-refractivity contribution in [2.45, 2.75) is 65.4 Å². The molecule has 3 aliphatic rings. The normalized spacial score (nSPS) is 23.1. The molecular formula is C28H30F2N2O4. The molecule has 0 aliphatic heterocycles. The van der Waals surface area contributed by atoms with Gasteiger partial charge in [-0.3, -0.25) is 9.59 Å². The molecule has 190 valence electrons. The Morgan fingerprint density at radius 2 is 1.67 bits per heavy atom. The summed E-state index contributed by atoms with van der Waals surface area (Å²) in [7, 11) is 1.44. The first-order chi connectivity index (χ1) is 17.2. The molecule has 3 aromatic rings. The molecule has 0 radical (unpaired) electrons. The number of hydrogen-bond donors (Lipinski definition) is 0. The number of aryl methyl sites for hydroxylation is 2. The van der Waals surface area contributed by atoms with E-state index >= 15 is 0 Å². The third kappa shape index (κ3) is 4.06. The highest BCUT2D eigenvalue weighted by atomic mass is 19.1. The van der Waals surface area contributed by atoms with E-state index in [1.807, 2.05) is 13.0 Å². The molecule has 1 aromatic carbocycles. The molecule has 0 saturated heterocycles. The van der Waals surface area contributed by atoms with Gasteiger partial charge in [-0.15, -0.1) is 0 Å². The Bertz CT molecular complexity index is 1320. The van der Waals surface area contributed by atoms with Gasteiger partial charge in [0.25, 0.3) is 0 Å². The zero-order valence-corrected chi connectivity index (χ0v) is 20.8. The molecule has 2 heterocycles. The Morgan fingerprint density at radius 1 is 1.03 bits per heavy atom. The second-order valence-corrected chi connectivity index (χ2v) is 10.5. The maximum atomic E-state index is 14.1. The molecule has 0 atom stereocenters. The number of Topliss-reactive ketones (excluding diaryl/α,β-unsaturated/α-hetero) is 1. The van der Waals surface area contributed by atoms with Crippen molar-refractivity contribution in [3.8, 4) is 5.88 Å². The number of fused-ring (bicyclic) bond motifs is 4. The number of benzene rings is 1. The van der Waals surface area contributed by atoms with Crippen LogP contribution in [0.15, 0.2) is 30.3 Å². The largest absolute Gasteiger partial charge is 0.473 e. The summed E-state index contributed by atoms with van der Waals surface area (Å²) in [5, 5.41) is 4.55. The van der Waals surface area contributed by atoms with Gasteiger partial charge in [-0.05, 0) is 81.5 Å². The van der Waals surface area contributed by atoms with E-state index in [1.54, 1.807) is 13.0 Å². The standard InChI is InChI=1S/C28H30F2N2O4/c1-17-13-22-25(23(33)15-27-7-10-28(11-8-27,12-9-27)26(34)35-3)18(2)31-32(22)24(14-17)36-16-19-20(29)5-4-6-21(19)30/h4-6,13-14H,7-12,15-16H2,1-3H3. The van der Waals surface area contributed by atoms with Crippen LogP contribution in [0.4, 0.5) is 8.78 Å². The first-order valence-corrected chi connectivity index (χ1v) is 12.3. The lowest BCUT2D eigenvalue weighted by Crippen LogP contribution is -2.47. The van der Waals surface area contributed by atoms with Crippen molar-refractivity contribution in [2.24, 2.45) is 10.8 Å². The van der Waals surface area contributed by atoms with E-state index in [0.717, 1.165) is 44.1 Å². The fraction of sp³-hybridized carbons (Fsp3) is 0.464. The fourth-order valence-electron chi connectivity index (χ4n) is 6.10. The third-order valence-corrected chi connectivity index (χ3v) is 8.28. The summed E-state index contributed by atoms with van der Waals surface area (Å²) in [6.45, 7) is 3.36. The Labute approximate surface area is 208 Å². The smallest absolute Gasteiger partial charge is 0.311 e. The second kappa shape index (κ2) is 8.98. The van der Waals surface area contributed by atoms with Crippen LogP contribution in [0.2, 0.25) is 0 Å². The number of carbonyl (C=O) groups is 2. The number of esters is 1. The number of hydrogen-bond acceptors (Lipinski definition) is 5. The predicted molar refractivity (Wildman–Crippen MR) is 129 cm³/mol. The third-order valence-electron chi connectivity index (χ3n) is 8.28. The molecular weight excluding hydrogens is 466 g/mol. The molecule has 0 amide bonds. The number of nitrogens with zero attached hydrogens (tertiary/aromatic N) is 2. The topological polar surface area (TPSA) is 69.9 Å². The van der Waals surface area contributed by atoms with Gasteiger partial charge in [-0.1, -0.05) is 6.07 Å². The number of aromatic nitrogens is 2. The van der Waals surface area contributed by atoms with E-state index in [4.69, 9.17) is 9.47 Å². The van der Waals surface area contributed by atoms with E-state index in [-0.39, 0.29) is 34.8 Å². The van der Waals surface area contributed by atoms with E-state index < -0.39 is 11.6 Å². The number of ether oxygens (including phenoxy) is 2. The zero-order valence-electron chi connectivity index (χ0n) is 20.8.